The standard InChI is InChI=1S/C20H20ClN3O4/c1-4-24(20(25)16-11-14(21)7-10-17(16)27-3)12-18-22-19(23-28-18)13-5-8-15(26-2)9-6-13/h5-11H,4,12H2,1-3H3. The number of carbonyl (C=O) groups is 1. The first-order valence-corrected chi connectivity index (χ1v) is 9.03. The van der Waals surface area contributed by atoms with Crippen molar-refractivity contribution >= 4 is 17.5 Å². The summed E-state index contributed by atoms with van der Waals surface area (Å²) in [5, 5.41) is 4.46. The van der Waals surface area contributed by atoms with Gasteiger partial charge in [-0.3, -0.25) is 4.79 Å². The van der Waals surface area contributed by atoms with Crippen LogP contribution in [0.4, 0.5) is 0 Å². The minimum atomic E-state index is -0.231. The van der Waals surface area contributed by atoms with E-state index in [9.17, 15) is 4.79 Å². The van der Waals surface area contributed by atoms with Gasteiger partial charge in [-0.25, -0.2) is 0 Å². The summed E-state index contributed by atoms with van der Waals surface area (Å²) in [7, 11) is 3.11. The number of halogens is 1. The average molecular weight is 402 g/mol. The highest BCUT2D eigenvalue weighted by Crippen LogP contribution is 2.25. The van der Waals surface area contributed by atoms with Gasteiger partial charge in [0.05, 0.1) is 19.8 Å². The summed E-state index contributed by atoms with van der Waals surface area (Å²) < 4.78 is 15.8. The Morgan fingerprint density at radius 2 is 1.89 bits per heavy atom. The molecular weight excluding hydrogens is 382 g/mol. The van der Waals surface area contributed by atoms with Crippen LogP contribution in [0, 0.1) is 0 Å². The van der Waals surface area contributed by atoms with Gasteiger partial charge in [-0.05, 0) is 49.4 Å². The Balaban J connectivity index is 1.79. The molecule has 0 radical (unpaired) electrons. The Bertz CT molecular complexity index is 956. The molecule has 3 aromatic rings. The molecule has 0 atom stereocenters. The number of aromatic nitrogens is 2. The van der Waals surface area contributed by atoms with E-state index in [2.05, 4.69) is 10.1 Å². The lowest BCUT2D eigenvalue weighted by Crippen LogP contribution is -2.30. The Hall–Kier alpha value is -3.06. The first-order chi connectivity index (χ1) is 13.5. The summed E-state index contributed by atoms with van der Waals surface area (Å²) in [4.78, 5) is 18.9. The maximum absolute atomic E-state index is 12.9. The van der Waals surface area contributed by atoms with Crippen molar-refractivity contribution in [2.45, 2.75) is 13.5 Å². The van der Waals surface area contributed by atoms with E-state index < -0.39 is 0 Å². The van der Waals surface area contributed by atoms with Crippen LogP contribution < -0.4 is 9.47 Å². The van der Waals surface area contributed by atoms with Crippen LogP contribution in [0.25, 0.3) is 11.4 Å². The van der Waals surface area contributed by atoms with Crippen LogP contribution in [-0.2, 0) is 6.54 Å². The van der Waals surface area contributed by atoms with Crippen molar-refractivity contribution in [3.8, 4) is 22.9 Å². The molecule has 0 aliphatic heterocycles. The molecule has 0 aliphatic carbocycles. The molecule has 0 saturated carbocycles. The third kappa shape index (κ3) is 4.26. The van der Waals surface area contributed by atoms with Crippen LogP contribution in [0.3, 0.4) is 0 Å². The molecule has 0 bridgehead atoms. The molecule has 0 N–H and O–H groups in total. The van der Waals surface area contributed by atoms with Crippen molar-refractivity contribution in [2.75, 3.05) is 20.8 Å². The fourth-order valence-corrected chi connectivity index (χ4v) is 2.86. The second-order valence-electron chi connectivity index (χ2n) is 5.90. The largest absolute Gasteiger partial charge is 0.497 e. The van der Waals surface area contributed by atoms with Gasteiger partial charge in [-0.1, -0.05) is 16.8 Å². The topological polar surface area (TPSA) is 77.7 Å². The van der Waals surface area contributed by atoms with E-state index in [0.29, 0.717) is 34.6 Å². The Labute approximate surface area is 167 Å². The summed E-state index contributed by atoms with van der Waals surface area (Å²) in [5.41, 5.74) is 1.17. The molecule has 8 heteroatoms. The molecule has 7 nitrogen and oxygen atoms in total. The molecular formula is C20H20ClN3O4. The van der Waals surface area contributed by atoms with Gasteiger partial charge in [0.15, 0.2) is 0 Å². The zero-order valence-corrected chi connectivity index (χ0v) is 16.6. The second-order valence-corrected chi connectivity index (χ2v) is 6.34. The zero-order chi connectivity index (χ0) is 20.1. The molecule has 0 unspecified atom stereocenters. The number of carbonyl (C=O) groups excluding carboxylic acids is 1. The fourth-order valence-electron chi connectivity index (χ4n) is 2.68. The average Bonchev–Trinajstić information content (AvgIpc) is 3.20. The molecule has 2 aromatic carbocycles. The van der Waals surface area contributed by atoms with Crippen LogP contribution in [-0.4, -0.2) is 41.7 Å². The fraction of sp³-hybridized carbons (Fsp3) is 0.250. The van der Waals surface area contributed by atoms with Gasteiger partial charge in [0.1, 0.15) is 18.0 Å². The molecule has 28 heavy (non-hydrogen) atoms. The molecule has 0 aliphatic rings. The van der Waals surface area contributed by atoms with Crippen LogP contribution in [0.2, 0.25) is 5.02 Å². The van der Waals surface area contributed by atoms with E-state index in [1.807, 2.05) is 31.2 Å². The number of benzene rings is 2. The number of nitrogens with zero attached hydrogens (tertiary/aromatic N) is 3. The zero-order valence-electron chi connectivity index (χ0n) is 15.8. The van der Waals surface area contributed by atoms with E-state index in [0.717, 1.165) is 11.3 Å². The Kier molecular flexibility index (Phi) is 6.16. The lowest BCUT2D eigenvalue weighted by molar-refractivity contribution is 0.0731. The molecule has 0 saturated heterocycles. The van der Waals surface area contributed by atoms with Gasteiger partial charge >= 0.3 is 0 Å². The smallest absolute Gasteiger partial charge is 0.258 e. The minimum absolute atomic E-state index is 0.175. The number of amides is 1. The molecule has 0 fully saturated rings. The van der Waals surface area contributed by atoms with E-state index in [1.165, 1.54) is 7.11 Å². The summed E-state index contributed by atoms with van der Waals surface area (Å²) in [5.74, 6) is 1.75. The number of ether oxygens (including phenoxy) is 2. The lowest BCUT2D eigenvalue weighted by Gasteiger charge is -2.20. The predicted molar refractivity (Wildman–Crippen MR) is 105 cm³/mol. The van der Waals surface area contributed by atoms with Crippen molar-refractivity contribution in [1.82, 2.24) is 15.0 Å². The van der Waals surface area contributed by atoms with Crippen LogP contribution in [0.5, 0.6) is 11.5 Å². The van der Waals surface area contributed by atoms with Crippen molar-refractivity contribution < 1.29 is 18.8 Å². The summed E-state index contributed by atoms with van der Waals surface area (Å²) in [6, 6.07) is 12.2. The molecule has 146 valence electrons. The summed E-state index contributed by atoms with van der Waals surface area (Å²) in [6.45, 7) is 2.50. The quantitative estimate of drug-likeness (QED) is 0.593. The number of rotatable bonds is 7. The molecule has 1 amide bonds. The maximum Gasteiger partial charge on any atom is 0.258 e. The third-order valence-electron chi connectivity index (χ3n) is 4.20. The van der Waals surface area contributed by atoms with Crippen molar-refractivity contribution in [3.05, 3.63) is 58.9 Å². The first-order valence-electron chi connectivity index (χ1n) is 8.65. The Morgan fingerprint density at radius 3 is 2.54 bits per heavy atom. The van der Waals surface area contributed by atoms with E-state index in [1.54, 1.807) is 30.2 Å². The maximum atomic E-state index is 12.9. The van der Waals surface area contributed by atoms with Crippen LogP contribution in [0.1, 0.15) is 23.2 Å². The molecule has 1 aromatic heterocycles. The van der Waals surface area contributed by atoms with Gasteiger partial charge in [0.25, 0.3) is 5.91 Å². The van der Waals surface area contributed by atoms with E-state index in [4.69, 9.17) is 25.6 Å². The van der Waals surface area contributed by atoms with Crippen molar-refractivity contribution in [2.24, 2.45) is 0 Å². The number of methoxy groups -OCH3 is 2. The normalized spacial score (nSPS) is 10.6. The van der Waals surface area contributed by atoms with Gasteiger partial charge < -0.3 is 18.9 Å². The van der Waals surface area contributed by atoms with Crippen molar-refractivity contribution in [3.63, 3.8) is 0 Å². The number of hydrogen-bond acceptors (Lipinski definition) is 6. The third-order valence-corrected chi connectivity index (χ3v) is 4.44. The lowest BCUT2D eigenvalue weighted by atomic mass is 10.1. The van der Waals surface area contributed by atoms with Gasteiger partial charge in [-0.2, -0.15) is 4.98 Å². The highest BCUT2D eigenvalue weighted by Gasteiger charge is 2.21. The van der Waals surface area contributed by atoms with Gasteiger partial charge in [0, 0.05) is 17.1 Å². The minimum Gasteiger partial charge on any atom is -0.497 e. The van der Waals surface area contributed by atoms with Crippen molar-refractivity contribution in [1.29, 1.82) is 0 Å². The first kappa shape index (κ1) is 19.7. The summed E-state index contributed by atoms with van der Waals surface area (Å²) in [6.07, 6.45) is 0. The van der Waals surface area contributed by atoms with Gasteiger partial charge in [0.2, 0.25) is 11.7 Å². The van der Waals surface area contributed by atoms with Crippen LogP contribution >= 0.6 is 11.6 Å². The van der Waals surface area contributed by atoms with E-state index in [-0.39, 0.29) is 12.5 Å². The summed E-state index contributed by atoms with van der Waals surface area (Å²) >= 11 is 6.04. The molecule has 1 heterocycles. The van der Waals surface area contributed by atoms with Gasteiger partial charge in [-0.15, -0.1) is 0 Å². The molecule has 3 rings (SSSR count). The highest BCUT2D eigenvalue weighted by atomic mass is 35.5. The second kappa shape index (κ2) is 8.75. The van der Waals surface area contributed by atoms with Crippen LogP contribution in [0.15, 0.2) is 47.0 Å². The monoisotopic (exact) mass is 401 g/mol. The predicted octanol–water partition coefficient (Wildman–Crippen LogP) is 4.07. The number of hydrogen-bond donors (Lipinski definition) is 0. The highest BCUT2D eigenvalue weighted by molar-refractivity contribution is 6.31. The Morgan fingerprint density at radius 1 is 1.14 bits per heavy atom. The van der Waals surface area contributed by atoms with E-state index >= 15 is 0 Å². The molecule has 0 spiro atoms. The SMILES string of the molecule is CCN(Cc1nc(-c2ccc(OC)cc2)no1)C(=O)c1cc(Cl)ccc1OC.